The van der Waals surface area contributed by atoms with Crippen LogP contribution in [-0.2, 0) is 9.47 Å². The van der Waals surface area contributed by atoms with Gasteiger partial charge in [0.2, 0.25) is 0 Å². The summed E-state index contributed by atoms with van der Waals surface area (Å²) in [7, 11) is 0. The first kappa shape index (κ1) is 15.4. The van der Waals surface area contributed by atoms with Crippen molar-refractivity contribution >= 4 is 5.69 Å². The summed E-state index contributed by atoms with van der Waals surface area (Å²) < 4.78 is 16.2. The molecule has 0 aliphatic heterocycles. The van der Waals surface area contributed by atoms with Crippen molar-refractivity contribution in [1.29, 1.82) is 0 Å². The zero-order valence-electron chi connectivity index (χ0n) is 11.2. The minimum absolute atomic E-state index is 0.0173. The van der Waals surface area contributed by atoms with Gasteiger partial charge in [-0.25, -0.2) is 0 Å². The number of nitro groups is 1. The van der Waals surface area contributed by atoms with Crippen LogP contribution in [0, 0.1) is 10.1 Å². The number of hydrogen-bond acceptors (Lipinski definition) is 5. The Morgan fingerprint density at radius 3 is 2.53 bits per heavy atom. The molecule has 106 valence electrons. The first-order valence-corrected chi connectivity index (χ1v) is 6.27. The predicted octanol–water partition coefficient (Wildman–Crippen LogP) is 2.76. The molecule has 0 atom stereocenters. The topological polar surface area (TPSA) is 70.8 Å². The number of benzene rings is 1. The summed E-state index contributed by atoms with van der Waals surface area (Å²) >= 11 is 0. The van der Waals surface area contributed by atoms with E-state index in [4.69, 9.17) is 14.2 Å². The quantitative estimate of drug-likeness (QED) is 0.391. The van der Waals surface area contributed by atoms with E-state index in [0.717, 1.165) is 0 Å². The zero-order chi connectivity index (χ0) is 14.1. The van der Waals surface area contributed by atoms with Gasteiger partial charge in [-0.05, 0) is 19.9 Å². The fourth-order valence-electron chi connectivity index (χ4n) is 1.55. The van der Waals surface area contributed by atoms with Crippen molar-refractivity contribution in [3.8, 4) is 5.75 Å². The van der Waals surface area contributed by atoms with Gasteiger partial charge < -0.3 is 14.2 Å². The van der Waals surface area contributed by atoms with Crippen LogP contribution >= 0.6 is 0 Å². The Kier molecular flexibility index (Phi) is 6.84. The summed E-state index contributed by atoms with van der Waals surface area (Å²) in [6.07, 6.45) is 0.276. The molecule has 0 bridgehead atoms. The number of nitro benzene ring substituents is 1. The van der Waals surface area contributed by atoms with Gasteiger partial charge in [0.25, 0.3) is 5.69 Å². The zero-order valence-corrected chi connectivity index (χ0v) is 11.2. The van der Waals surface area contributed by atoms with Crippen molar-refractivity contribution in [3.63, 3.8) is 0 Å². The molecular weight excluding hydrogens is 250 g/mol. The molecule has 1 aromatic rings. The van der Waals surface area contributed by atoms with E-state index < -0.39 is 4.92 Å². The standard InChI is InChI=1S/C13H19NO5/c1-3-17-13(18-4-2)8-9-19-12-7-5-6-11(10-12)14(15)16/h5-7,10,13H,3-4,8-9H2,1-2H3. The monoisotopic (exact) mass is 269 g/mol. The fraction of sp³-hybridized carbons (Fsp3) is 0.538. The Labute approximate surface area is 112 Å². The Morgan fingerprint density at radius 2 is 1.95 bits per heavy atom. The summed E-state index contributed by atoms with van der Waals surface area (Å²) in [6.45, 7) is 5.32. The van der Waals surface area contributed by atoms with E-state index in [1.54, 1.807) is 12.1 Å². The molecule has 19 heavy (non-hydrogen) atoms. The molecule has 0 amide bonds. The van der Waals surface area contributed by atoms with Crippen LogP contribution in [0.5, 0.6) is 5.75 Å². The molecule has 6 heteroatoms. The molecule has 0 N–H and O–H groups in total. The van der Waals surface area contributed by atoms with Gasteiger partial charge in [0.1, 0.15) is 5.75 Å². The second-order valence-corrected chi connectivity index (χ2v) is 3.73. The third-order valence-electron chi connectivity index (χ3n) is 2.36. The van der Waals surface area contributed by atoms with Gasteiger partial charge in [-0.15, -0.1) is 0 Å². The maximum absolute atomic E-state index is 10.6. The van der Waals surface area contributed by atoms with E-state index in [0.29, 0.717) is 32.0 Å². The SMILES string of the molecule is CCOC(CCOc1cccc([N+](=O)[O-])c1)OCC. The van der Waals surface area contributed by atoms with Crippen LogP contribution < -0.4 is 4.74 Å². The molecule has 1 rings (SSSR count). The molecule has 6 nitrogen and oxygen atoms in total. The average molecular weight is 269 g/mol. The highest BCUT2D eigenvalue weighted by Gasteiger charge is 2.09. The second kappa shape index (κ2) is 8.44. The highest BCUT2D eigenvalue weighted by atomic mass is 16.7. The lowest BCUT2D eigenvalue weighted by Crippen LogP contribution is -2.20. The van der Waals surface area contributed by atoms with Gasteiger partial charge in [-0.3, -0.25) is 10.1 Å². The highest BCUT2D eigenvalue weighted by molar-refractivity contribution is 5.37. The van der Waals surface area contributed by atoms with E-state index in [9.17, 15) is 10.1 Å². The van der Waals surface area contributed by atoms with Gasteiger partial charge >= 0.3 is 0 Å². The molecule has 0 saturated heterocycles. The van der Waals surface area contributed by atoms with E-state index >= 15 is 0 Å². The van der Waals surface area contributed by atoms with Crippen molar-refractivity contribution in [2.45, 2.75) is 26.6 Å². The minimum Gasteiger partial charge on any atom is -0.493 e. The largest absolute Gasteiger partial charge is 0.493 e. The number of hydrogen-bond donors (Lipinski definition) is 0. The maximum Gasteiger partial charge on any atom is 0.273 e. The van der Waals surface area contributed by atoms with E-state index in [2.05, 4.69) is 0 Å². The van der Waals surface area contributed by atoms with Crippen LogP contribution in [0.2, 0.25) is 0 Å². The molecule has 0 unspecified atom stereocenters. The van der Waals surface area contributed by atoms with Gasteiger partial charge in [-0.1, -0.05) is 6.07 Å². The number of rotatable bonds is 9. The number of non-ortho nitro benzene ring substituents is 1. The Balaban J connectivity index is 2.43. The van der Waals surface area contributed by atoms with Crippen molar-refractivity contribution in [1.82, 2.24) is 0 Å². The van der Waals surface area contributed by atoms with Gasteiger partial charge in [0, 0.05) is 25.7 Å². The first-order chi connectivity index (χ1) is 9.17. The number of ether oxygens (including phenoxy) is 3. The molecule has 0 spiro atoms. The molecule has 0 heterocycles. The summed E-state index contributed by atoms with van der Waals surface area (Å²) in [5.41, 5.74) is 0.0173. The summed E-state index contributed by atoms with van der Waals surface area (Å²) in [6, 6.07) is 6.10. The van der Waals surface area contributed by atoms with Gasteiger partial charge in [-0.2, -0.15) is 0 Å². The molecule has 0 aliphatic rings. The molecule has 0 aliphatic carbocycles. The van der Waals surface area contributed by atoms with Crippen molar-refractivity contribution in [3.05, 3.63) is 34.4 Å². The molecule has 0 saturated carbocycles. The van der Waals surface area contributed by atoms with E-state index in [1.807, 2.05) is 13.8 Å². The minimum atomic E-state index is -0.448. The summed E-state index contributed by atoms with van der Waals surface area (Å²) in [4.78, 5) is 10.2. The van der Waals surface area contributed by atoms with Crippen molar-refractivity contribution in [2.24, 2.45) is 0 Å². The predicted molar refractivity (Wildman–Crippen MR) is 70.2 cm³/mol. The third kappa shape index (κ3) is 5.67. The van der Waals surface area contributed by atoms with E-state index in [-0.39, 0.29) is 12.0 Å². The highest BCUT2D eigenvalue weighted by Crippen LogP contribution is 2.19. The molecular formula is C13H19NO5. The number of nitrogens with zero attached hydrogens (tertiary/aromatic N) is 1. The molecule has 0 aromatic heterocycles. The second-order valence-electron chi connectivity index (χ2n) is 3.73. The smallest absolute Gasteiger partial charge is 0.273 e. The normalized spacial score (nSPS) is 10.7. The Morgan fingerprint density at radius 1 is 1.26 bits per heavy atom. The lowest BCUT2D eigenvalue weighted by molar-refractivity contribution is -0.384. The lowest BCUT2D eigenvalue weighted by atomic mass is 10.3. The lowest BCUT2D eigenvalue weighted by Gasteiger charge is -2.16. The first-order valence-electron chi connectivity index (χ1n) is 6.27. The van der Waals surface area contributed by atoms with Crippen molar-refractivity contribution < 1.29 is 19.1 Å². The summed E-state index contributed by atoms with van der Waals surface area (Å²) in [5.74, 6) is 0.473. The van der Waals surface area contributed by atoms with Crippen LogP contribution in [0.1, 0.15) is 20.3 Å². The van der Waals surface area contributed by atoms with Crippen LogP contribution in [0.15, 0.2) is 24.3 Å². The maximum atomic E-state index is 10.6. The van der Waals surface area contributed by atoms with Crippen LogP contribution in [0.25, 0.3) is 0 Å². The van der Waals surface area contributed by atoms with E-state index in [1.165, 1.54) is 12.1 Å². The van der Waals surface area contributed by atoms with Crippen molar-refractivity contribution in [2.75, 3.05) is 19.8 Å². The molecule has 0 fully saturated rings. The van der Waals surface area contributed by atoms with Crippen LogP contribution in [0.4, 0.5) is 5.69 Å². The fourth-order valence-corrected chi connectivity index (χ4v) is 1.55. The molecule has 1 aromatic carbocycles. The van der Waals surface area contributed by atoms with Gasteiger partial charge in [0.05, 0.1) is 17.6 Å². The van der Waals surface area contributed by atoms with Crippen LogP contribution in [0.3, 0.4) is 0 Å². The Bertz CT molecular complexity index is 390. The Hall–Kier alpha value is -1.66. The average Bonchev–Trinajstić information content (AvgIpc) is 2.39. The van der Waals surface area contributed by atoms with Crippen LogP contribution in [-0.4, -0.2) is 31.0 Å². The third-order valence-corrected chi connectivity index (χ3v) is 2.36. The molecule has 0 radical (unpaired) electrons. The summed E-state index contributed by atoms with van der Waals surface area (Å²) in [5, 5.41) is 10.6. The van der Waals surface area contributed by atoms with Gasteiger partial charge in [0.15, 0.2) is 6.29 Å².